The van der Waals surface area contributed by atoms with Gasteiger partial charge in [0.1, 0.15) is 0 Å². The zero-order chi connectivity index (χ0) is 17.7. The summed E-state index contributed by atoms with van der Waals surface area (Å²) in [6, 6.07) is 8.99. The number of hydrogen-bond acceptors (Lipinski definition) is 4. The first kappa shape index (κ1) is 17.1. The number of aromatic carboxylic acids is 1. The predicted molar refractivity (Wildman–Crippen MR) is 90.3 cm³/mol. The van der Waals surface area contributed by atoms with E-state index in [1.807, 2.05) is 0 Å². The number of carboxylic acid groups (broad SMARTS) is 1. The normalized spacial score (nSPS) is 9.96. The molecular weight excluding hydrogens is 312 g/mol. The number of nitrogens with one attached hydrogen (secondary N) is 2. The molecule has 0 aromatic heterocycles. The van der Waals surface area contributed by atoms with Gasteiger partial charge in [0, 0.05) is 17.4 Å². The third-order valence-corrected chi connectivity index (χ3v) is 3.37. The molecule has 126 valence electrons. The second-order valence-electron chi connectivity index (χ2n) is 4.98. The molecule has 2 aromatic carbocycles. The summed E-state index contributed by atoms with van der Waals surface area (Å²) in [5, 5.41) is 14.3. The van der Waals surface area contributed by atoms with Crippen molar-refractivity contribution in [2.45, 2.75) is 6.92 Å². The second-order valence-corrected chi connectivity index (χ2v) is 4.98. The van der Waals surface area contributed by atoms with Crippen LogP contribution in [-0.4, -0.2) is 31.3 Å². The van der Waals surface area contributed by atoms with Crippen molar-refractivity contribution in [3.63, 3.8) is 0 Å². The van der Waals surface area contributed by atoms with Gasteiger partial charge in [0.25, 0.3) is 0 Å². The van der Waals surface area contributed by atoms with Gasteiger partial charge in [0.05, 0.1) is 19.8 Å². The van der Waals surface area contributed by atoms with Gasteiger partial charge in [-0.05, 0) is 36.8 Å². The fraction of sp³-hybridized carbons (Fsp3) is 0.176. The molecule has 24 heavy (non-hydrogen) atoms. The lowest BCUT2D eigenvalue weighted by atomic mass is 10.1. The fourth-order valence-corrected chi connectivity index (χ4v) is 2.09. The topological polar surface area (TPSA) is 96.9 Å². The lowest BCUT2D eigenvalue weighted by molar-refractivity contribution is 0.0697. The molecule has 0 spiro atoms. The van der Waals surface area contributed by atoms with Crippen LogP contribution in [0, 0.1) is 6.92 Å². The predicted octanol–water partition coefficient (Wildman–Crippen LogP) is 3.35. The number of aryl methyl sites for hydroxylation is 1. The highest BCUT2D eigenvalue weighted by molar-refractivity contribution is 6.01. The van der Waals surface area contributed by atoms with Crippen LogP contribution in [0.1, 0.15) is 15.9 Å². The first-order valence-corrected chi connectivity index (χ1v) is 7.08. The quantitative estimate of drug-likeness (QED) is 0.781. The molecule has 7 heteroatoms. The van der Waals surface area contributed by atoms with Crippen LogP contribution >= 0.6 is 0 Å². The summed E-state index contributed by atoms with van der Waals surface area (Å²) in [6.45, 7) is 1.78. The molecule has 0 aliphatic carbocycles. The van der Waals surface area contributed by atoms with Crippen molar-refractivity contribution in [2.24, 2.45) is 0 Å². The standard InChI is InChI=1S/C17H18N2O5/c1-10-4-5-11(16(20)21)8-13(10)19-17(22)18-12-6-7-14(23-2)15(9-12)24-3/h4-9H,1-3H3,(H,20,21)(H2,18,19,22). The maximum absolute atomic E-state index is 12.1. The lowest BCUT2D eigenvalue weighted by Gasteiger charge is -2.12. The van der Waals surface area contributed by atoms with Crippen LogP contribution in [0.5, 0.6) is 11.5 Å². The highest BCUT2D eigenvalue weighted by Gasteiger charge is 2.11. The van der Waals surface area contributed by atoms with Crippen molar-refractivity contribution < 1.29 is 24.2 Å². The highest BCUT2D eigenvalue weighted by Crippen LogP contribution is 2.29. The monoisotopic (exact) mass is 330 g/mol. The van der Waals surface area contributed by atoms with Crippen LogP contribution in [-0.2, 0) is 0 Å². The average molecular weight is 330 g/mol. The Morgan fingerprint density at radius 1 is 0.958 bits per heavy atom. The molecule has 0 saturated heterocycles. The van der Waals surface area contributed by atoms with Gasteiger partial charge in [-0.15, -0.1) is 0 Å². The Hall–Kier alpha value is -3.22. The Bertz CT molecular complexity index is 774. The van der Waals surface area contributed by atoms with Gasteiger partial charge in [-0.2, -0.15) is 0 Å². The minimum Gasteiger partial charge on any atom is -0.493 e. The van der Waals surface area contributed by atoms with Gasteiger partial charge in [0.2, 0.25) is 0 Å². The Labute approximate surface area is 139 Å². The molecule has 7 nitrogen and oxygen atoms in total. The van der Waals surface area contributed by atoms with Crippen LogP contribution in [0.2, 0.25) is 0 Å². The number of rotatable bonds is 5. The van der Waals surface area contributed by atoms with Crippen LogP contribution in [0.4, 0.5) is 16.2 Å². The second kappa shape index (κ2) is 7.36. The van der Waals surface area contributed by atoms with E-state index in [1.165, 1.54) is 26.4 Å². The van der Waals surface area contributed by atoms with E-state index in [1.54, 1.807) is 31.2 Å². The van der Waals surface area contributed by atoms with Crippen LogP contribution < -0.4 is 20.1 Å². The minimum atomic E-state index is -1.06. The number of amides is 2. The molecule has 0 aliphatic heterocycles. The summed E-state index contributed by atoms with van der Waals surface area (Å²) in [6.07, 6.45) is 0. The SMILES string of the molecule is COc1ccc(NC(=O)Nc2cc(C(=O)O)ccc2C)cc1OC. The maximum Gasteiger partial charge on any atom is 0.335 e. The van der Waals surface area contributed by atoms with Crippen LogP contribution in [0.15, 0.2) is 36.4 Å². The lowest BCUT2D eigenvalue weighted by Crippen LogP contribution is -2.20. The van der Waals surface area contributed by atoms with E-state index >= 15 is 0 Å². The molecule has 0 unspecified atom stereocenters. The zero-order valence-corrected chi connectivity index (χ0v) is 13.5. The van der Waals surface area contributed by atoms with Gasteiger partial charge >= 0.3 is 12.0 Å². The Balaban J connectivity index is 2.14. The van der Waals surface area contributed by atoms with Gasteiger partial charge in [-0.1, -0.05) is 6.07 Å². The van der Waals surface area contributed by atoms with Gasteiger partial charge < -0.3 is 25.2 Å². The summed E-state index contributed by atoms with van der Waals surface area (Å²) >= 11 is 0. The Kier molecular flexibility index (Phi) is 5.26. The van der Waals surface area contributed by atoms with Gasteiger partial charge in [-0.25, -0.2) is 9.59 Å². The summed E-state index contributed by atoms with van der Waals surface area (Å²) in [5.41, 5.74) is 1.79. The van der Waals surface area contributed by atoms with E-state index in [0.717, 1.165) is 5.56 Å². The maximum atomic E-state index is 12.1. The van der Waals surface area contributed by atoms with E-state index < -0.39 is 12.0 Å². The van der Waals surface area contributed by atoms with E-state index in [0.29, 0.717) is 22.9 Å². The van der Waals surface area contributed by atoms with Crippen molar-refractivity contribution in [2.75, 3.05) is 24.9 Å². The molecule has 2 rings (SSSR count). The summed E-state index contributed by atoms with van der Waals surface area (Å²) in [4.78, 5) is 23.1. The average Bonchev–Trinajstić information content (AvgIpc) is 2.56. The number of hydrogen-bond donors (Lipinski definition) is 3. The van der Waals surface area contributed by atoms with Crippen molar-refractivity contribution in [1.82, 2.24) is 0 Å². The first-order chi connectivity index (χ1) is 11.4. The van der Waals surface area contributed by atoms with Crippen molar-refractivity contribution in [3.05, 3.63) is 47.5 Å². The van der Waals surface area contributed by atoms with Gasteiger partial charge in [0.15, 0.2) is 11.5 Å². The first-order valence-electron chi connectivity index (χ1n) is 7.08. The number of methoxy groups -OCH3 is 2. The van der Waals surface area contributed by atoms with E-state index in [-0.39, 0.29) is 5.56 Å². The summed E-state index contributed by atoms with van der Waals surface area (Å²) in [5.74, 6) is -0.0221. The summed E-state index contributed by atoms with van der Waals surface area (Å²) in [7, 11) is 3.03. The molecule has 0 fully saturated rings. The third kappa shape index (κ3) is 3.95. The number of carboxylic acids is 1. The molecule has 0 atom stereocenters. The van der Waals surface area contributed by atoms with Crippen LogP contribution in [0.3, 0.4) is 0 Å². The molecule has 3 N–H and O–H groups in total. The van der Waals surface area contributed by atoms with Crippen molar-refractivity contribution >= 4 is 23.4 Å². The molecule has 2 aromatic rings. The number of benzene rings is 2. The zero-order valence-electron chi connectivity index (χ0n) is 13.5. The minimum absolute atomic E-state index is 0.0991. The number of urea groups is 1. The molecular formula is C17H18N2O5. The van der Waals surface area contributed by atoms with E-state index in [9.17, 15) is 9.59 Å². The summed E-state index contributed by atoms with van der Waals surface area (Å²) < 4.78 is 10.3. The number of carbonyl (C=O) groups is 2. The van der Waals surface area contributed by atoms with Crippen molar-refractivity contribution in [3.8, 4) is 11.5 Å². The largest absolute Gasteiger partial charge is 0.493 e. The van der Waals surface area contributed by atoms with Crippen molar-refractivity contribution in [1.29, 1.82) is 0 Å². The third-order valence-electron chi connectivity index (χ3n) is 3.37. The Morgan fingerprint density at radius 2 is 1.67 bits per heavy atom. The van der Waals surface area contributed by atoms with Crippen LogP contribution in [0.25, 0.3) is 0 Å². The van der Waals surface area contributed by atoms with E-state index in [2.05, 4.69) is 10.6 Å². The molecule has 0 heterocycles. The Morgan fingerprint density at radius 3 is 2.29 bits per heavy atom. The number of anilines is 2. The van der Waals surface area contributed by atoms with Gasteiger partial charge in [-0.3, -0.25) is 0 Å². The smallest absolute Gasteiger partial charge is 0.335 e. The molecule has 0 bridgehead atoms. The highest BCUT2D eigenvalue weighted by atomic mass is 16.5. The molecule has 2 amide bonds. The number of carbonyl (C=O) groups excluding carboxylic acids is 1. The molecule has 0 saturated carbocycles. The number of ether oxygens (including phenoxy) is 2. The molecule has 0 radical (unpaired) electrons. The fourth-order valence-electron chi connectivity index (χ4n) is 2.09. The molecule has 0 aliphatic rings. The van der Waals surface area contributed by atoms with E-state index in [4.69, 9.17) is 14.6 Å².